The van der Waals surface area contributed by atoms with E-state index in [1.54, 1.807) is 41.2 Å². The number of allylic oxidation sites excluding steroid dienone is 1. The van der Waals surface area contributed by atoms with Crippen LogP contribution in [0.3, 0.4) is 0 Å². The molecule has 3 heterocycles. The van der Waals surface area contributed by atoms with E-state index in [2.05, 4.69) is 25.4 Å². The van der Waals surface area contributed by atoms with Gasteiger partial charge in [0.1, 0.15) is 18.2 Å². The lowest BCUT2D eigenvalue weighted by molar-refractivity contribution is 0.333. The van der Waals surface area contributed by atoms with Crippen LogP contribution in [0, 0.1) is 5.82 Å². The minimum absolute atomic E-state index is 0. The molecule has 8 nitrogen and oxygen atoms in total. The quantitative estimate of drug-likeness (QED) is 0.383. The molecular formula is C23H30FN7O. The van der Waals surface area contributed by atoms with E-state index in [0.29, 0.717) is 35.1 Å². The van der Waals surface area contributed by atoms with Crippen LogP contribution >= 0.6 is 0 Å². The van der Waals surface area contributed by atoms with Crippen molar-refractivity contribution in [2.45, 2.75) is 26.8 Å². The van der Waals surface area contributed by atoms with E-state index in [9.17, 15) is 4.39 Å². The van der Waals surface area contributed by atoms with Crippen LogP contribution in [0.2, 0.25) is 0 Å². The summed E-state index contributed by atoms with van der Waals surface area (Å²) in [6, 6.07) is 9.93. The van der Waals surface area contributed by atoms with Gasteiger partial charge in [0, 0.05) is 28.8 Å². The van der Waals surface area contributed by atoms with Crippen molar-refractivity contribution in [3.05, 3.63) is 71.8 Å². The summed E-state index contributed by atoms with van der Waals surface area (Å²) in [6.45, 7) is 6.28. The molecule has 0 aliphatic heterocycles. The summed E-state index contributed by atoms with van der Waals surface area (Å²) in [5.41, 5.74) is 9.94. The van der Waals surface area contributed by atoms with E-state index >= 15 is 0 Å². The molecule has 32 heavy (non-hydrogen) atoms. The lowest BCUT2D eigenvalue weighted by atomic mass is 10.1. The molecule has 0 saturated carbocycles. The van der Waals surface area contributed by atoms with Crippen LogP contribution in [0.5, 0.6) is 6.01 Å². The van der Waals surface area contributed by atoms with Crippen molar-refractivity contribution >= 4 is 17.3 Å². The van der Waals surface area contributed by atoms with E-state index in [-0.39, 0.29) is 22.1 Å². The van der Waals surface area contributed by atoms with Gasteiger partial charge in [-0.2, -0.15) is 9.97 Å². The van der Waals surface area contributed by atoms with Gasteiger partial charge in [0.05, 0.1) is 11.3 Å². The van der Waals surface area contributed by atoms with E-state index < -0.39 is 0 Å². The van der Waals surface area contributed by atoms with E-state index in [1.807, 2.05) is 26.8 Å². The van der Waals surface area contributed by atoms with Gasteiger partial charge in [-0.3, -0.25) is 0 Å². The molecule has 0 radical (unpaired) electrons. The Morgan fingerprint density at radius 1 is 1.28 bits per heavy atom. The van der Waals surface area contributed by atoms with Crippen molar-refractivity contribution in [1.29, 1.82) is 0 Å². The molecule has 0 fully saturated rings. The van der Waals surface area contributed by atoms with Crippen LogP contribution in [0.1, 0.15) is 36.7 Å². The number of halogens is 1. The highest BCUT2D eigenvalue weighted by Crippen LogP contribution is 2.31. The zero-order valence-corrected chi connectivity index (χ0v) is 18.1. The second-order valence-electron chi connectivity index (χ2n) is 7.58. The number of ether oxygens (including phenoxy) is 1. The van der Waals surface area contributed by atoms with E-state index in [4.69, 9.17) is 10.5 Å². The maximum Gasteiger partial charge on any atom is 0.319 e. The summed E-state index contributed by atoms with van der Waals surface area (Å²) >= 11 is 0. The first-order valence-corrected chi connectivity index (χ1v) is 10.2. The topological polar surface area (TPSA) is 103 Å². The average Bonchev–Trinajstić information content (AvgIpc) is 3.09. The minimum Gasteiger partial charge on any atom is -0.459 e. The Morgan fingerprint density at radius 3 is 2.81 bits per heavy atom. The first kappa shape index (κ1) is 21.2. The molecule has 0 unspecified atom stereocenters. The molecule has 170 valence electrons. The molecule has 4 rings (SSSR count). The van der Waals surface area contributed by atoms with Gasteiger partial charge in [-0.1, -0.05) is 17.7 Å². The summed E-state index contributed by atoms with van der Waals surface area (Å²) in [5.74, 6) is 0.556. The Labute approximate surface area is 189 Å². The van der Waals surface area contributed by atoms with Gasteiger partial charge in [-0.25, -0.2) is 13.9 Å². The molecule has 4 aromatic rings. The fraction of sp³-hybridized carbons (Fsp3) is 0.217. The Balaban J connectivity index is 0.00000204. The monoisotopic (exact) mass is 439 g/mol. The fourth-order valence-electron chi connectivity index (χ4n) is 3.18. The number of nitrogen functional groups attached to an aromatic ring is 1. The number of hydrogen-bond donors (Lipinski definition) is 2. The first-order chi connectivity index (χ1) is 15.4. The van der Waals surface area contributed by atoms with Gasteiger partial charge in [0.25, 0.3) is 0 Å². The molecule has 0 aliphatic carbocycles. The number of nitrogens with two attached hydrogens (primary N) is 1. The number of fused-ring (bicyclic) bond motifs is 1. The third-order valence-electron chi connectivity index (χ3n) is 4.82. The Hall–Kier alpha value is -4.01. The fourth-order valence-corrected chi connectivity index (χ4v) is 3.18. The molecule has 1 atom stereocenters. The van der Waals surface area contributed by atoms with Crippen molar-refractivity contribution < 1.29 is 13.4 Å². The van der Waals surface area contributed by atoms with Gasteiger partial charge in [0.2, 0.25) is 0 Å². The standard InChI is InChI=1S/C23H24FN7O.3H2/c1-14(2)9-12-32-23-28-18(20-21(25)30-31-11-4-10-26-22(20)31)13-19(29-23)27-15(3)16-5-7-17(24)8-6-16;;;/h4-11,13,15H,12H2,1-3H3,(H2,25,30)(H,27,28,29);3*1H/t15-;;;/m0.../s1. The zero-order valence-electron chi connectivity index (χ0n) is 18.1. The molecule has 3 aromatic heterocycles. The van der Waals surface area contributed by atoms with E-state index in [1.165, 1.54) is 12.1 Å². The highest BCUT2D eigenvalue weighted by molar-refractivity contribution is 5.85. The molecule has 9 heteroatoms. The van der Waals surface area contributed by atoms with Gasteiger partial charge >= 0.3 is 6.01 Å². The molecule has 0 aliphatic rings. The largest absolute Gasteiger partial charge is 0.459 e. The van der Waals surface area contributed by atoms with Crippen LogP contribution in [0.15, 0.2) is 60.4 Å². The van der Waals surface area contributed by atoms with Gasteiger partial charge in [-0.15, -0.1) is 5.10 Å². The number of nitrogens with one attached hydrogen (secondary N) is 1. The van der Waals surface area contributed by atoms with Gasteiger partial charge in [0.15, 0.2) is 11.5 Å². The maximum absolute atomic E-state index is 13.3. The van der Waals surface area contributed by atoms with Crippen LogP contribution in [-0.4, -0.2) is 31.2 Å². The number of nitrogens with zero attached hydrogens (tertiary/aromatic N) is 5. The van der Waals surface area contributed by atoms with Gasteiger partial charge in [-0.05, 0) is 50.6 Å². The van der Waals surface area contributed by atoms with Crippen molar-refractivity contribution in [3.8, 4) is 17.3 Å². The molecular weight excluding hydrogens is 409 g/mol. The Bertz CT molecular complexity index is 1280. The highest BCUT2D eigenvalue weighted by Gasteiger charge is 2.18. The maximum atomic E-state index is 13.3. The van der Waals surface area contributed by atoms with Crippen LogP contribution < -0.4 is 15.8 Å². The lowest BCUT2D eigenvalue weighted by Gasteiger charge is -2.16. The summed E-state index contributed by atoms with van der Waals surface area (Å²) in [4.78, 5) is 13.4. The summed E-state index contributed by atoms with van der Waals surface area (Å²) in [5, 5.41) is 7.65. The average molecular weight is 440 g/mol. The predicted octanol–water partition coefficient (Wildman–Crippen LogP) is 5.16. The molecule has 1 aromatic carbocycles. The third-order valence-corrected chi connectivity index (χ3v) is 4.82. The first-order valence-electron chi connectivity index (χ1n) is 10.2. The van der Waals surface area contributed by atoms with Gasteiger partial charge < -0.3 is 15.8 Å². The lowest BCUT2D eigenvalue weighted by Crippen LogP contribution is -2.10. The Kier molecular flexibility index (Phi) is 5.98. The number of aromatic nitrogens is 5. The molecule has 0 bridgehead atoms. The van der Waals surface area contributed by atoms with Crippen LogP contribution in [-0.2, 0) is 0 Å². The second-order valence-corrected chi connectivity index (χ2v) is 7.58. The third kappa shape index (κ3) is 4.66. The van der Waals surface area contributed by atoms with Crippen molar-refractivity contribution in [2.75, 3.05) is 17.7 Å². The minimum atomic E-state index is -0.281. The van der Waals surface area contributed by atoms with Crippen molar-refractivity contribution in [2.24, 2.45) is 0 Å². The summed E-state index contributed by atoms with van der Waals surface area (Å²) in [6.07, 6.45) is 5.38. The predicted molar refractivity (Wildman–Crippen MR) is 128 cm³/mol. The highest BCUT2D eigenvalue weighted by atomic mass is 19.1. The molecule has 0 amide bonds. The zero-order chi connectivity index (χ0) is 22.7. The Morgan fingerprint density at radius 2 is 2.06 bits per heavy atom. The second kappa shape index (κ2) is 9.01. The normalized spacial score (nSPS) is 11.9. The van der Waals surface area contributed by atoms with E-state index in [0.717, 1.165) is 11.1 Å². The molecule has 0 spiro atoms. The molecule has 3 N–H and O–H groups in total. The van der Waals surface area contributed by atoms with Crippen molar-refractivity contribution in [3.63, 3.8) is 0 Å². The van der Waals surface area contributed by atoms with Crippen LogP contribution in [0.25, 0.3) is 16.9 Å². The number of anilines is 2. The summed E-state index contributed by atoms with van der Waals surface area (Å²) in [7, 11) is 0. The molecule has 0 saturated heterocycles. The number of benzene rings is 1. The summed E-state index contributed by atoms with van der Waals surface area (Å²) < 4.78 is 20.7. The SMILES string of the molecule is CC(C)=CCOc1nc(N[C@@H](C)c2ccc(F)cc2)cc(-c2c(N)nn3cccnc23)n1.[HH].[HH].[HH]. The number of rotatable bonds is 7. The number of hydrogen-bond acceptors (Lipinski definition) is 7. The van der Waals surface area contributed by atoms with Crippen molar-refractivity contribution in [1.82, 2.24) is 24.6 Å². The smallest absolute Gasteiger partial charge is 0.319 e. The van der Waals surface area contributed by atoms with Crippen LogP contribution in [0.4, 0.5) is 16.0 Å².